The van der Waals surface area contributed by atoms with Crippen molar-refractivity contribution in [1.82, 2.24) is 9.13 Å². The molecule has 0 aliphatic rings. The van der Waals surface area contributed by atoms with Gasteiger partial charge in [0.2, 0.25) is 0 Å². The molecule has 0 aliphatic heterocycles. The van der Waals surface area contributed by atoms with Gasteiger partial charge in [-0.2, -0.15) is 0 Å². The molecule has 9 aromatic carbocycles. The minimum absolute atomic E-state index is 1.05. The van der Waals surface area contributed by atoms with Crippen LogP contribution in [0.15, 0.2) is 168 Å². The van der Waals surface area contributed by atoms with E-state index in [0.29, 0.717) is 0 Å². The van der Waals surface area contributed by atoms with E-state index in [0.717, 1.165) is 15.8 Å². The SMILES string of the molecule is Brc1c(-n2c3ccccc3c3c4ccccc4c4ccccc4c32)cccc1-n1c2ccccc2c2c3ccccc3c3ccccc3c21. The Morgan fingerprint density at radius 1 is 0.286 bits per heavy atom. The largest absolute Gasteiger partial charge is 0.307 e. The second-order valence-corrected chi connectivity index (χ2v) is 13.7. The number of para-hydroxylation sites is 2. The third-order valence-corrected chi connectivity index (χ3v) is 11.3. The summed E-state index contributed by atoms with van der Waals surface area (Å²) in [6.45, 7) is 0. The third kappa shape index (κ3) is 3.55. The maximum Gasteiger partial charge on any atom is 0.0656 e. The molecular formula is C46H27BrN2. The summed E-state index contributed by atoms with van der Waals surface area (Å²) in [5, 5.41) is 15.2. The molecule has 3 heteroatoms. The topological polar surface area (TPSA) is 9.86 Å². The van der Waals surface area contributed by atoms with Gasteiger partial charge in [-0.15, -0.1) is 0 Å². The Kier molecular flexibility index (Phi) is 5.56. The van der Waals surface area contributed by atoms with Gasteiger partial charge in [0.15, 0.2) is 0 Å². The number of fused-ring (bicyclic) bond motifs is 16. The first-order valence-electron chi connectivity index (χ1n) is 16.7. The Morgan fingerprint density at radius 2 is 0.592 bits per heavy atom. The van der Waals surface area contributed by atoms with Gasteiger partial charge in [-0.3, -0.25) is 0 Å². The molecule has 2 aromatic heterocycles. The molecule has 0 saturated heterocycles. The van der Waals surface area contributed by atoms with E-state index in [2.05, 4.69) is 189 Å². The molecule has 0 aliphatic carbocycles. The number of benzene rings is 9. The van der Waals surface area contributed by atoms with Gasteiger partial charge in [-0.1, -0.05) is 140 Å². The van der Waals surface area contributed by atoms with E-state index in [4.69, 9.17) is 0 Å². The Labute approximate surface area is 290 Å². The standard InChI is InChI=1S/C46H27BrN2/c47-44-40(48-38-24-11-9-22-36(38)42-32-18-5-1-14-28(32)30-16-3-7-20-34(30)45(42)48)26-13-27-41(44)49-39-25-12-10-23-37(39)43-33-19-6-2-15-29(33)31-17-4-8-21-35(31)46(43)49/h1-27H. The monoisotopic (exact) mass is 686 g/mol. The van der Waals surface area contributed by atoms with Crippen molar-refractivity contribution in [3.05, 3.63) is 168 Å². The number of nitrogens with zero attached hydrogens (tertiary/aromatic N) is 2. The molecule has 11 aromatic rings. The van der Waals surface area contributed by atoms with Crippen LogP contribution < -0.4 is 0 Å². The molecule has 2 heterocycles. The molecule has 2 nitrogen and oxygen atoms in total. The third-order valence-electron chi connectivity index (χ3n) is 10.5. The highest BCUT2D eigenvalue weighted by atomic mass is 79.9. The Hall–Kier alpha value is -5.90. The first kappa shape index (κ1) is 27.1. The van der Waals surface area contributed by atoms with E-state index in [1.807, 2.05) is 0 Å². The van der Waals surface area contributed by atoms with Crippen LogP contribution in [0.5, 0.6) is 0 Å². The van der Waals surface area contributed by atoms with Gasteiger partial charge in [0, 0.05) is 32.3 Å². The van der Waals surface area contributed by atoms with Crippen LogP contribution in [-0.2, 0) is 0 Å². The molecule has 228 valence electrons. The normalized spacial score (nSPS) is 12.2. The Morgan fingerprint density at radius 3 is 1.00 bits per heavy atom. The number of hydrogen-bond donors (Lipinski definition) is 0. The molecule has 0 unspecified atom stereocenters. The number of aromatic nitrogens is 2. The smallest absolute Gasteiger partial charge is 0.0656 e. The van der Waals surface area contributed by atoms with Crippen molar-refractivity contribution in [1.29, 1.82) is 0 Å². The second kappa shape index (κ2) is 10.1. The lowest BCUT2D eigenvalue weighted by atomic mass is 9.97. The molecule has 0 bridgehead atoms. The molecule has 0 saturated carbocycles. The average Bonchev–Trinajstić information content (AvgIpc) is 3.70. The summed E-state index contributed by atoms with van der Waals surface area (Å²) in [7, 11) is 0. The fraction of sp³-hybridized carbons (Fsp3) is 0. The van der Waals surface area contributed by atoms with Gasteiger partial charge in [-0.25, -0.2) is 0 Å². The van der Waals surface area contributed by atoms with Gasteiger partial charge in [0.05, 0.1) is 37.9 Å². The summed E-state index contributed by atoms with van der Waals surface area (Å²) >= 11 is 4.25. The van der Waals surface area contributed by atoms with E-state index in [-0.39, 0.29) is 0 Å². The molecule has 0 amide bonds. The molecule has 0 N–H and O–H groups in total. The van der Waals surface area contributed by atoms with E-state index in [9.17, 15) is 0 Å². The van der Waals surface area contributed by atoms with E-state index in [1.54, 1.807) is 0 Å². The lowest BCUT2D eigenvalue weighted by Crippen LogP contribution is -2.02. The van der Waals surface area contributed by atoms with Crippen LogP contribution in [0.1, 0.15) is 0 Å². The van der Waals surface area contributed by atoms with Crippen molar-refractivity contribution in [2.45, 2.75) is 0 Å². The van der Waals surface area contributed by atoms with Crippen LogP contribution in [-0.4, -0.2) is 9.13 Å². The first-order chi connectivity index (χ1) is 24.3. The zero-order valence-electron chi connectivity index (χ0n) is 26.4. The van der Waals surface area contributed by atoms with Crippen molar-refractivity contribution in [3.63, 3.8) is 0 Å². The molecule has 0 fully saturated rings. The summed E-state index contributed by atoms with van der Waals surface area (Å²) < 4.78 is 6.01. The van der Waals surface area contributed by atoms with Crippen molar-refractivity contribution < 1.29 is 0 Å². The van der Waals surface area contributed by atoms with Crippen LogP contribution in [0.3, 0.4) is 0 Å². The fourth-order valence-corrected chi connectivity index (χ4v) is 9.23. The van der Waals surface area contributed by atoms with E-state index in [1.165, 1.54) is 86.7 Å². The van der Waals surface area contributed by atoms with Crippen LogP contribution >= 0.6 is 15.9 Å². The summed E-state index contributed by atoms with van der Waals surface area (Å²) in [6, 6.07) is 59.9. The van der Waals surface area contributed by atoms with Crippen molar-refractivity contribution in [3.8, 4) is 11.4 Å². The van der Waals surface area contributed by atoms with Crippen LogP contribution in [0, 0.1) is 0 Å². The predicted molar refractivity (Wildman–Crippen MR) is 213 cm³/mol. The minimum Gasteiger partial charge on any atom is -0.307 e. The van der Waals surface area contributed by atoms with Crippen molar-refractivity contribution in [2.75, 3.05) is 0 Å². The molecule has 0 atom stereocenters. The van der Waals surface area contributed by atoms with Crippen LogP contribution in [0.4, 0.5) is 0 Å². The predicted octanol–water partition coefficient (Wildman–Crippen LogP) is 13.3. The van der Waals surface area contributed by atoms with Gasteiger partial charge in [-0.05, 0) is 72.5 Å². The quantitative estimate of drug-likeness (QED) is 0.160. The highest BCUT2D eigenvalue weighted by Gasteiger charge is 2.23. The summed E-state index contributed by atoms with van der Waals surface area (Å²) in [6.07, 6.45) is 0. The Balaban J connectivity index is 1.33. The Bertz CT molecular complexity index is 2970. The number of rotatable bonds is 2. The summed E-state index contributed by atoms with van der Waals surface area (Å²) in [5.74, 6) is 0. The lowest BCUT2D eigenvalue weighted by molar-refractivity contribution is 1.12. The van der Waals surface area contributed by atoms with E-state index >= 15 is 0 Å². The van der Waals surface area contributed by atoms with E-state index < -0.39 is 0 Å². The maximum atomic E-state index is 4.25. The van der Waals surface area contributed by atoms with Crippen molar-refractivity contribution in [2.24, 2.45) is 0 Å². The van der Waals surface area contributed by atoms with Crippen LogP contribution in [0.25, 0.3) is 98.1 Å². The zero-order valence-corrected chi connectivity index (χ0v) is 27.9. The minimum atomic E-state index is 1.05. The van der Waals surface area contributed by atoms with Crippen LogP contribution in [0.2, 0.25) is 0 Å². The molecule has 11 rings (SSSR count). The summed E-state index contributed by atoms with van der Waals surface area (Å²) in [4.78, 5) is 0. The first-order valence-corrected chi connectivity index (χ1v) is 17.5. The van der Waals surface area contributed by atoms with Gasteiger partial charge in [0.1, 0.15) is 0 Å². The fourth-order valence-electron chi connectivity index (χ4n) is 8.61. The zero-order chi connectivity index (χ0) is 32.2. The molecule has 0 radical (unpaired) electrons. The van der Waals surface area contributed by atoms with Gasteiger partial charge in [0.25, 0.3) is 0 Å². The molecule has 0 spiro atoms. The summed E-state index contributed by atoms with van der Waals surface area (Å²) in [5.41, 5.74) is 7.06. The average molecular weight is 688 g/mol. The highest BCUT2D eigenvalue weighted by Crippen LogP contribution is 2.46. The maximum absolute atomic E-state index is 4.25. The van der Waals surface area contributed by atoms with Crippen molar-refractivity contribution >= 4 is 103 Å². The second-order valence-electron chi connectivity index (χ2n) is 12.9. The molecule has 49 heavy (non-hydrogen) atoms. The molecular weight excluding hydrogens is 660 g/mol. The lowest BCUT2D eigenvalue weighted by Gasteiger charge is -2.18. The van der Waals surface area contributed by atoms with Gasteiger partial charge < -0.3 is 9.13 Å². The number of hydrogen-bond acceptors (Lipinski definition) is 0. The number of halogens is 1. The highest BCUT2D eigenvalue weighted by molar-refractivity contribution is 9.10. The van der Waals surface area contributed by atoms with Gasteiger partial charge >= 0.3 is 0 Å².